The molecule has 2 rings (SSSR count). The zero-order valence-electron chi connectivity index (χ0n) is 9.44. The summed E-state index contributed by atoms with van der Waals surface area (Å²) in [5.41, 5.74) is -2.27. The zero-order chi connectivity index (χ0) is 13.3. The largest absolute Gasteiger partial charge is 0.393 e. The van der Waals surface area contributed by atoms with Crippen LogP contribution in [0.4, 0.5) is 0 Å². The van der Waals surface area contributed by atoms with Gasteiger partial charge >= 0.3 is 5.69 Å². The number of hydrogen-bond acceptors (Lipinski definition) is 6. The second-order valence-corrected chi connectivity index (χ2v) is 4.85. The van der Waals surface area contributed by atoms with Crippen LogP contribution >= 0.6 is 12.6 Å². The Bertz CT molecular complexity index is 536. The second kappa shape index (κ2) is 4.88. The van der Waals surface area contributed by atoms with E-state index in [1.807, 2.05) is 0 Å². The van der Waals surface area contributed by atoms with Crippen LogP contribution in [-0.4, -0.2) is 43.8 Å². The molecule has 0 spiro atoms. The fourth-order valence-corrected chi connectivity index (χ4v) is 2.37. The lowest BCUT2D eigenvalue weighted by molar-refractivity contribution is -0.120. The fraction of sp³-hybridized carbons (Fsp3) is 0.600. The third kappa shape index (κ3) is 2.12. The van der Waals surface area contributed by atoms with Gasteiger partial charge in [-0.1, -0.05) is 0 Å². The van der Waals surface area contributed by atoms with Gasteiger partial charge in [-0.25, -0.2) is 4.79 Å². The lowest BCUT2D eigenvalue weighted by atomic mass is 10.0. The van der Waals surface area contributed by atoms with Gasteiger partial charge < -0.3 is 14.9 Å². The van der Waals surface area contributed by atoms with Crippen molar-refractivity contribution >= 4 is 12.6 Å². The van der Waals surface area contributed by atoms with Gasteiger partial charge in [0.25, 0.3) is 5.56 Å². The molecule has 0 aromatic carbocycles. The van der Waals surface area contributed by atoms with E-state index in [4.69, 9.17) is 4.74 Å². The molecule has 0 saturated carbocycles. The van der Waals surface area contributed by atoms with E-state index in [9.17, 15) is 19.8 Å². The molecule has 0 unspecified atom stereocenters. The van der Waals surface area contributed by atoms with Crippen molar-refractivity contribution in [3.05, 3.63) is 33.1 Å². The van der Waals surface area contributed by atoms with E-state index in [0.717, 1.165) is 0 Å². The van der Waals surface area contributed by atoms with Crippen LogP contribution in [0, 0.1) is 0 Å². The molecule has 18 heavy (non-hydrogen) atoms. The summed E-state index contributed by atoms with van der Waals surface area (Å²) >= 11 is 4.26. The first-order chi connectivity index (χ1) is 8.52. The van der Waals surface area contributed by atoms with Crippen LogP contribution in [0.1, 0.15) is 12.6 Å². The van der Waals surface area contributed by atoms with E-state index in [-0.39, 0.29) is 0 Å². The van der Waals surface area contributed by atoms with E-state index >= 15 is 0 Å². The number of aliphatic hydroxyl groups excluding tert-OH is 2. The molecule has 0 bridgehead atoms. The molecule has 100 valence electrons. The van der Waals surface area contributed by atoms with Crippen molar-refractivity contribution in [1.29, 1.82) is 0 Å². The van der Waals surface area contributed by atoms with Gasteiger partial charge in [-0.3, -0.25) is 14.3 Å². The molecule has 7 nitrogen and oxygen atoms in total. The van der Waals surface area contributed by atoms with E-state index in [2.05, 4.69) is 17.6 Å². The average molecular weight is 274 g/mol. The monoisotopic (exact) mass is 274 g/mol. The Hall–Kier alpha value is -1.09. The summed E-state index contributed by atoms with van der Waals surface area (Å²) in [5.74, 6) is 0. The third-order valence-corrected chi connectivity index (χ3v) is 3.78. The minimum absolute atomic E-state index is 0.343. The maximum absolute atomic E-state index is 11.6. The molecule has 2 heterocycles. The number of aliphatic hydroxyl groups is 2. The Morgan fingerprint density at radius 3 is 2.67 bits per heavy atom. The molecule has 0 amide bonds. The molecule has 1 aliphatic rings. The predicted octanol–water partition coefficient (Wildman–Crippen LogP) is -1.52. The van der Waals surface area contributed by atoms with Crippen LogP contribution in [-0.2, 0) is 4.74 Å². The molecule has 1 fully saturated rings. The lowest BCUT2D eigenvalue weighted by Gasteiger charge is -2.28. The van der Waals surface area contributed by atoms with Crippen molar-refractivity contribution < 1.29 is 14.9 Å². The maximum Gasteiger partial charge on any atom is 0.330 e. The number of hydrogen-bond donors (Lipinski definition) is 4. The van der Waals surface area contributed by atoms with Gasteiger partial charge in [0.15, 0.2) is 0 Å². The summed E-state index contributed by atoms with van der Waals surface area (Å²) in [7, 11) is 0. The molecule has 1 aliphatic heterocycles. The average Bonchev–Trinajstić information content (AvgIpc) is 2.67. The highest BCUT2D eigenvalue weighted by Crippen LogP contribution is 2.38. The fourth-order valence-electron chi connectivity index (χ4n) is 1.96. The number of rotatable bonds is 3. The first-order valence-corrected chi connectivity index (χ1v) is 5.93. The molecule has 0 aliphatic carbocycles. The van der Waals surface area contributed by atoms with Crippen molar-refractivity contribution in [1.82, 2.24) is 9.55 Å². The van der Waals surface area contributed by atoms with Crippen LogP contribution < -0.4 is 11.2 Å². The number of aromatic nitrogens is 2. The molecule has 3 N–H and O–H groups in total. The van der Waals surface area contributed by atoms with Crippen LogP contribution in [0.15, 0.2) is 21.9 Å². The van der Waals surface area contributed by atoms with E-state index in [1.165, 1.54) is 16.8 Å². The summed E-state index contributed by atoms with van der Waals surface area (Å²) in [4.78, 5) is 24.7. The van der Waals surface area contributed by atoms with Gasteiger partial charge in [-0.2, -0.15) is 12.6 Å². The van der Waals surface area contributed by atoms with E-state index in [0.29, 0.717) is 6.42 Å². The van der Waals surface area contributed by atoms with Crippen LogP contribution in [0.2, 0.25) is 0 Å². The summed E-state index contributed by atoms with van der Waals surface area (Å²) in [6.45, 7) is -0.793. The van der Waals surface area contributed by atoms with Gasteiger partial charge in [0.05, 0.1) is 13.2 Å². The van der Waals surface area contributed by atoms with E-state index < -0.39 is 41.5 Å². The Morgan fingerprint density at radius 2 is 2.17 bits per heavy atom. The Morgan fingerprint density at radius 1 is 1.50 bits per heavy atom. The van der Waals surface area contributed by atoms with Gasteiger partial charge in [-0.15, -0.1) is 0 Å². The third-order valence-electron chi connectivity index (χ3n) is 3.10. The minimum Gasteiger partial charge on any atom is -0.393 e. The molecule has 1 aromatic heterocycles. The van der Waals surface area contributed by atoms with Crippen LogP contribution in [0.5, 0.6) is 0 Å². The minimum atomic E-state index is -1.18. The Labute approximate surface area is 107 Å². The highest BCUT2D eigenvalue weighted by atomic mass is 32.1. The SMILES string of the molecule is O=c1ccn([C@H]2C[C@H](S)C(CO)(CO)O2)c(=O)[nH]1. The van der Waals surface area contributed by atoms with Crippen molar-refractivity contribution in [3.63, 3.8) is 0 Å². The normalized spacial score (nSPS) is 26.4. The van der Waals surface area contributed by atoms with Crippen molar-refractivity contribution in [2.45, 2.75) is 23.5 Å². The quantitative estimate of drug-likeness (QED) is 0.501. The highest BCUT2D eigenvalue weighted by molar-refractivity contribution is 7.81. The Kier molecular flexibility index (Phi) is 3.62. The van der Waals surface area contributed by atoms with Crippen molar-refractivity contribution in [3.8, 4) is 0 Å². The number of nitrogens with one attached hydrogen (secondary N) is 1. The highest BCUT2D eigenvalue weighted by Gasteiger charge is 2.47. The number of ether oxygens (including phenoxy) is 1. The number of aromatic amines is 1. The molecule has 1 saturated heterocycles. The predicted molar refractivity (Wildman–Crippen MR) is 65.7 cm³/mol. The molecular weight excluding hydrogens is 260 g/mol. The van der Waals surface area contributed by atoms with Gasteiger partial charge in [-0.05, 0) is 0 Å². The lowest BCUT2D eigenvalue weighted by Crippen LogP contribution is -2.44. The smallest absolute Gasteiger partial charge is 0.330 e. The molecule has 8 heteroatoms. The molecule has 0 radical (unpaired) electrons. The standard InChI is InChI=1S/C10H14N2O5S/c13-4-10(5-14)6(18)3-8(17-10)12-2-1-7(15)11-9(12)16/h1-2,6,8,13-14,18H,3-5H2,(H,11,15,16)/t6-,8+/m0/s1. The van der Waals surface area contributed by atoms with Gasteiger partial charge in [0.2, 0.25) is 0 Å². The van der Waals surface area contributed by atoms with Gasteiger partial charge in [0, 0.05) is 23.9 Å². The second-order valence-electron chi connectivity index (χ2n) is 4.22. The number of nitrogens with zero attached hydrogens (tertiary/aromatic N) is 1. The summed E-state index contributed by atoms with van der Waals surface area (Å²) in [6, 6.07) is 1.20. The molecular formula is C10H14N2O5S. The zero-order valence-corrected chi connectivity index (χ0v) is 10.3. The Balaban J connectivity index is 2.32. The summed E-state index contributed by atoms with van der Waals surface area (Å²) in [5, 5.41) is 18.2. The summed E-state index contributed by atoms with van der Waals surface area (Å²) in [6.07, 6.45) is 0.990. The molecule has 1 aromatic rings. The van der Waals surface area contributed by atoms with E-state index in [1.54, 1.807) is 0 Å². The summed E-state index contributed by atoms with van der Waals surface area (Å²) < 4.78 is 6.74. The number of thiol groups is 1. The molecule has 2 atom stereocenters. The van der Waals surface area contributed by atoms with Crippen molar-refractivity contribution in [2.75, 3.05) is 13.2 Å². The van der Waals surface area contributed by atoms with Crippen LogP contribution in [0.25, 0.3) is 0 Å². The van der Waals surface area contributed by atoms with Gasteiger partial charge in [0.1, 0.15) is 11.8 Å². The van der Waals surface area contributed by atoms with Crippen molar-refractivity contribution in [2.24, 2.45) is 0 Å². The first-order valence-electron chi connectivity index (χ1n) is 5.41. The number of H-pyrrole nitrogens is 1. The van der Waals surface area contributed by atoms with Crippen LogP contribution in [0.3, 0.4) is 0 Å². The maximum atomic E-state index is 11.6. The topological polar surface area (TPSA) is 105 Å². The first kappa shape index (κ1) is 13.3.